The van der Waals surface area contributed by atoms with Gasteiger partial charge >= 0.3 is 0 Å². The van der Waals surface area contributed by atoms with Gasteiger partial charge in [0.2, 0.25) is 10.0 Å². The Labute approximate surface area is 134 Å². The van der Waals surface area contributed by atoms with Crippen molar-refractivity contribution in [1.29, 1.82) is 0 Å². The second-order valence-corrected chi connectivity index (χ2v) is 7.06. The highest BCUT2D eigenvalue weighted by Gasteiger charge is 2.10. The monoisotopic (exact) mass is 331 g/mol. The van der Waals surface area contributed by atoms with Crippen LogP contribution >= 0.6 is 0 Å². The normalized spacial score (nSPS) is 11.7. The second-order valence-electron chi connectivity index (χ2n) is 5.33. The molecule has 1 heterocycles. The van der Waals surface area contributed by atoms with E-state index in [2.05, 4.69) is 0 Å². The molecule has 0 bridgehead atoms. The van der Waals surface area contributed by atoms with Crippen molar-refractivity contribution in [1.82, 2.24) is 0 Å². The van der Waals surface area contributed by atoms with E-state index in [9.17, 15) is 8.42 Å². The summed E-state index contributed by atoms with van der Waals surface area (Å²) in [7, 11) is -1.82. The van der Waals surface area contributed by atoms with Gasteiger partial charge < -0.3 is 9.15 Å². The van der Waals surface area contributed by atoms with Crippen molar-refractivity contribution in [2.75, 3.05) is 12.9 Å². The number of aryl methyl sites for hydroxylation is 1. The number of fused-ring (bicyclic) bond motifs is 1. The Morgan fingerprint density at radius 1 is 1.13 bits per heavy atom. The number of hydrogen-bond acceptors (Lipinski definition) is 4. The molecule has 1 aromatic heterocycles. The van der Waals surface area contributed by atoms with Crippen LogP contribution in [0.1, 0.15) is 5.56 Å². The molecule has 0 fully saturated rings. The molecule has 0 spiro atoms. The topological polar surface area (TPSA) is 82.5 Å². The molecule has 120 valence electrons. The van der Waals surface area contributed by atoms with Crippen LogP contribution in [0.2, 0.25) is 0 Å². The Balaban J connectivity index is 1.87. The highest BCUT2D eigenvalue weighted by atomic mass is 32.2. The van der Waals surface area contributed by atoms with Crippen LogP contribution in [0.4, 0.5) is 0 Å². The molecule has 3 aromatic rings. The standard InChI is InChI=1S/C17H17NO4S/c1-21-14-6-7-15-16(11-22-17(15)10-14)13-4-2-12(3-5-13)8-9-23(18,19)20/h2-7,10-11H,8-9H2,1H3,(H2,18,19,20). The molecule has 0 atom stereocenters. The number of methoxy groups -OCH3 is 1. The van der Waals surface area contributed by atoms with Crippen LogP contribution < -0.4 is 9.88 Å². The molecule has 2 aromatic carbocycles. The predicted molar refractivity (Wildman–Crippen MR) is 89.9 cm³/mol. The quantitative estimate of drug-likeness (QED) is 0.779. The van der Waals surface area contributed by atoms with E-state index < -0.39 is 10.0 Å². The lowest BCUT2D eigenvalue weighted by Crippen LogP contribution is -2.17. The maximum Gasteiger partial charge on any atom is 0.209 e. The third-order valence-electron chi connectivity index (χ3n) is 3.72. The van der Waals surface area contributed by atoms with E-state index in [4.69, 9.17) is 14.3 Å². The van der Waals surface area contributed by atoms with Crippen molar-refractivity contribution < 1.29 is 17.6 Å². The molecule has 5 nitrogen and oxygen atoms in total. The fourth-order valence-corrected chi connectivity index (χ4v) is 2.99. The van der Waals surface area contributed by atoms with E-state index in [1.54, 1.807) is 13.4 Å². The third-order valence-corrected chi connectivity index (χ3v) is 4.50. The molecule has 0 aliphatic rings. The number of sulfonamides is 1. The van der Waals surface area contributed by atoms with Crippen molar-refractivity contribution in [3.63, 3.8) is 0 Å². The number of hydrogen-bond donors (Lipinski definition) is 1. The molecule has 0 unspecified atom stereocenters. The van der Waals surface area contributed by atoms with Crippen LogP contribution in [-0.2, 0) is 16.4 Å². The Kier molecular flexibility index (Phi) is 4.11. The van der Waals surface area contributed by atoms with Gasteiger partial charge in [-0.3, -0.25) is 0 Å². The molecule has 0 saturated heterocycles. The Morgan fingerprint density at radius 2 is 1.87 bits per heavy atom. The molecular formula is C17H17NO4S. The predicted octanol–water partition coefficient (Wildman–Crippen LogP) is 2.94. The van der Waals surface area contributed by atoms with E-state index in [1.807, 2.05) is 42.5 Å². The zero-order valence-electron chi connectivity index (χ0n) is 12.7. The highest BCUT2D eigenvalue weighted by Crippen LogP contribution is 2.32. The van der Waals surface area contributed by atoms with Gasteiger partial charge in [-0.15, -0.1) is 0 Å². The Morgan fingerprint density at radius 3 is 2.52 bits per heavy atom. The maximum atomic E-state index is 11.0. The summed E-state index contributed by atoms with van der Waals surface area (Å²) in [6.07, 6.45) is 2.12. The van der Waals surface area contributed by atoms with E-state index in [0.29, 0.717) is 6.42 Å². The Bertz CT molecular complexity index is 927. The SMILES string of the molecule is COc1ccc2c(-c3ccc(CCS(N)(=O)=O)cc3)coc2c1. The van der Waals surface area contributed by atoms with Gasteiger partial charge in [0.15, 0.2) is 0 Å². The van der Waals surface area contributed by atoms with Crippen LogP contribution in [-0.4, -0.2) is 21.3 Å². The average Bonchev–Trinajstić information content (AvgIpc) is 2.95. The van der Waals surface area contributed by atoms with Crippen molar-refractivity contribution in [3.8, 4) is 16.9 Å². The number of ether oxygens (including phenoxy) is 1. The summed E-state index contributed by atoms with van der Waals surface area (Å²) in [4.78, 5) is 0. The number of nitrogens with two attached hydrogens (primary N) is 1. The lowest BCUT2D eigenvalue weighted by Gasteiger charge is -2.03. The first-order chi connectivity index (χ1) is 11.0. The van der Waals surface area contributed by atoms with Gasteiger partial charge in [-0.1, -0.05) is 24.3 Å². The minimum atomic E-state index is -3.44. The third kappa shape index (κ3) is 3.55. The fourth-order valence-electron chi connectivity index (χ4n) is 2.47. The minimum Gasteiger partial charge on any atom is -0.497 e. The van der Waals surface area contributed by atoms with Gasteiger partial charge in [0.1, 0.15) is 11.3 Å². The first-order valence-electron chi connectivity index (χ1n) is 7.11. The van der Waals surface area contributed by atoms with Gasteiger partial charge in [0.25, 0.3) is 0 Å². The molecule has 3 rings (SSSR count). The lowest BCUT2D eigenvalue weighted by molar-refractivity contribution is 0.414. The summed E-state index contributed by atoms with van der Waals surface area (Å²) in [5, 5.41) is 6.03. The molecule has 0 radical (unpaired) electrons. The van der Waals surface area contributed by atoms with Crippen LogP contribution in [0.3, 0.4) is 0 Å². The first kappa shape index (κ1) is 15.6. The van der Waals surface area contributed by atoms with Crippen molar-refractivity contribution >= 4 is 21.0 Å². The zero-order chi connectivity index (χ0) is 16.4. The largest absolute Gasteiger partial charge is 0.497 e. The van der Waals surface area contributed by atoms with Gasteiger partial charge in [-0.05, 0) is 29.7 Å². The van der Waals surface area contributed by atoms with Crippen LogP contribution in [0, 0.1) is 0 Å². The van der Waals surface area contributed by atoms with E-state index in [-0.39, 0.29) is 5.75 Å². The van der Waals surface area contributed by atoms with Gasteiger partial charge in [-0.25, -0.2) is 13.6 Å². The molecule has 0 aliphatic heterocycles. The lowest BCUT2D eigenvalue weighted by atomic mass is 10.0. The molecule has 0 aliphatic carbocycles. The fraction of sp³-hybridized carbons (Fsp3) is 0.176. The summed E-state index contributed by atoms with van der Waals surface area (Å²) in [5.74, 6) is 0.692. The highest BCUT2D eigenvalue weighted by molar-refractivity contribution is 7.89. The minimum absolute atomic E-state index is 0.0548. The van der Waals surface area contributed by atoms with Crippen LogP contribution in [0.15, 0.2) is 53.1 Å². The summed E-state index contributed by atoms with van der Waals surface area (Å²) >= 11 is 0. The number of furan rings is 1. The molecule has 23 heavy (non-hydrogen) atoms. The smallest absolute Gasteiger partial charge is 0.209 e. The summed E-state index contributed by atoms with van der Waals surface area (Å²) in [6.45, 7) is 0. The summed E-state index contributed by atoms with van der Waals surface area (Å²) in [5.41, 5.74) is 3.68. The summed E-state index contributed by atoms with van der Waals surface area (Å²) in [6, 6.07) is 13.4. The zero-order valence-corrected chi connectivity index (χ0v) is 13.5. The Hall–Kier alpha value is -2.31. The van der Waals surface area contributed by atoms with Crippen LogP contribution in [0.5, 0.6) is 5.75 Å². The number of primary sulfonamides is 1. The van der Waals surface area contributed by atoms with Crippen LogP contribution in [0.25, 0.3) is 22.1 Å². The second kappa shape index (κ2) is 6.06. The van der Waals surface area contributed by atoms with Crippen molar-refractivity contribution in [2.24, 2.45) is 5.14 Å². The summed E-state index contributed by atoms with van der Waals surface area (Å²) < 4.78 is 32.8. The maximum absolute atomic E-state index is 11.0. The number of rotatable bonds is 5. The van der Waals surface area contributed by atoms with Crippen molar-refractivity contribution in [2.45, 2.75) is 6.42 Å². The van der Waals surface area contributed by atoms with Gasteiger partial charge in [0, 0.05) is 17.0 Å². The molecule has 0 amide bonds. The molecule has 0 saturated carbocycles. The van der Waals surface area contributed by atoms with Gasteiger partial charge in [-0.2, -0.15) is 0 Å². The molecule has 6 heteroatoms. The molecular weight excluding hydrogens is 314 g/mol. The number of benzene rings is 2. The van der Waals surface area contributed by atoms with Gasteiger partial charge in [0.05, 0.1) is 19.1 Å². The van der Waals surface area contributed by atoms with E-state index >= 15 is 0 Å². The molecule has 2 N–H and O–H groups in total. The first-order valence-corrected chi connectivity index (χ1v) is 8.83. The van der Waals surface area contributed by atoms with Crippen molar-refractivity contribution in [3.05, 3.63) is 54.3 Å². The van der Waals surface area contributed by atoms with E-state index in [0.717, 1.165) is 33.4 Å². The average molecular weight is 331 g/mol. The van der Waals surface area contributed by atoms with E-state index in [1.165, 1.54) is 0 Å².